The summed E-state index contributed by atoms with van der Waals surface area (Å²) in [6.07, 6.45) is 18.4. The lowest BCUT2D eigenvalue weighted by Crippen LogP contribution is -2.65. The van der Waals surface area contributed by atoms with E-state index < -0.39 is 5.97 Å². The number of carboxylic acids is 1. The van der Waals surface area contributed by atoms with Gasteiger partial charge in [-0.1, -0.05) is 65.0 Å². The van der Waals surface area contributed by atoms with Crippen molar-refractivity contribution in [1.82, 2.24) is 14.9 Å². The highest BCUT2D eigenvalue weighted by atomic mass is 16.4. The average molecular weight is 652 g/mol. The summed E-state index contributed by atoms with van der Waals surface area (Å²) < 4.78 is 2.27. The van der Waals surface area contributed by atoms with E-state index in [4.69, 9.17) is 0 Å². The molecule has 1 aromatic carbocycles. The molecule has 5 heteroatoms. The van der Waals surface area contributed by atoms with E-state index in [1.807, 2.05) is 18.3 Å². The minimum absolute atomic E-state index is 0.0377. The molecule has 4 saturated carbocycles. The van der Waals surface area contributed by atoms with Gasteiger partial charge in [0, 0.05) is 32.0 Å². The number of aromatic nitrogens is 2. The van der Waals surface area contributed by atoms with E-state index >= 15 is 0 Å². The molecule has 9 atom stereocenters. The smallest absolute Gasteiger partial charge is 0.335 e. The van der Waals surface area contributed by atoms with Gasteiger partial charge in [0.05, 0.1) is 5.56 Å². The van der Waals surface area contributed by atoms with Crippen molar-refractivity contribution in [3.8, 4) is 0 Å². The van der Waals surface area contributed by atoms with E-state index in [1.165, 1.54) is 68.1 Å². The molecule has 0 radical (unpaired) electrons. The number of nitrogens with one attached hydrogen (secondary N) is 1. The highest BCUT2D eigenvalue weighted by molar-refractivity contribution is 5.88. The summed E-state index contributed by atoms with van der Waals surface area (Å²) in [6.45, 7) is 25.3. The van der Waals surface area contributed by atoms with Gasteiger partial charge in [-0.25, -0.2) is 9.78 Å². The number of allylic oxidation sites excluding steroid dienone is 3. The first-order valence-corrected chi connectivity index (χ1v) is 19.1. The molecule has 0 aliphatic heterocycles. The zero-order chi connectivity index (χ0) is 34.3. The van der Waals surface area contributed by atoms with E-state index in [-0.39, 0.29) is 10.8 Å². The lowest BCUT2D eigenvalue weighted by molar-refractivity contribution is -0.225. The predicted molar refractivity (Wildman–Crippen MR) is 196 cm³/mol. The second-order valence-corrected chi connectivity index (χ2v) is 18.3. The van der Waals surface area contributed by atoms with Crippen LogP contribution in [0.4, 0.5) is 0 Å². The van der Waals surface area contributed by atoms with Crippen LogP contribution < -0.4 is 5.32 Å². The van der Waals surface area contributed by atoms with Crippen molar-refractivity contribution < 1.29 is 9.90 Å². The van der Waals surface area contributed by atoms with E-state index in [0.29, 0.717) is 39.6 Å². The van der Waals surface area contributed by atoms with Gasteiger partial charge in [0.25, 0.3) is 0 Å². The zero-order valence-electron chi connectivity index (χ0n) is 30.9. The third-order valence-corrected chi connectivity index (χ3v) is 16.2. The Morgan fingerprint density at radius 3 is 2.40 bits per heavy atom. The molecule has 5 nitrogen and oxygen atoms in total. The van der Waals surface area contributed by atoms with Crippen molar-refractivity contribution in [2.75, 3.05) is 13.1 Å². The largest absolute Gasteiger partial charge is 0.478 e. The van der Waals surface area contributed by atoms with Crippen molar-refractivity contribution >= 4 is 11.5 Å². The van der Waals surface area contributed by atoms with Crippen LogP contribution in [0.25, 0.3) is 5.57 Å². The standard InChI is InChI=1S/C43H61N3O2/c1-28(2)32-15-20-43(27-44-23-25-46-26-24-45-29(46)3)22-21-41(7)34(37(32)43)13-14-36-40(6)18-16-33(30-9-11-31(12-10-30)38(47)48)39(4,5)35(40)17-19-42(36,41)8/h9-12,16,24,26,32,34-37,44H,1,13-15,17-23,25,27H2,2-8H3,(H,47,48)/t32-,34+,35-,36+,37+,40-,41+,42+,43+/m0/s1. The van der Waals surface area contributed by atoms with Gasteiger partial charge in [-0.3, -0.25) is 0 Å². The number of hydrogen-bond acceptors (Lipinski definition) is 3. The molecule has 48 heavy (non-hydrogen) atoms. The van der Waals surface area contributed by atoms with Crippen molar-refractivity contribution in [2.45, 2.75) is 113 Å². The number of fused-ring (bicyclic) bond motifs is 7. The Bertz CT molecular complexity index is 1600. The fraction of sp³-hybridized carbons (Fsp3) is 0.674. The quantitative estimate of drug-likeness (QED) is 0.220. The number of imidazole rings is 1. The Morgan fingerprint density at radius 2 is 1.73 bits per heavy atom. The van der Waals surface area contributed by atoms with Crippen LogP contribution in [0, 0.1) is 63.6 Å². The first-order valence-electron chi connectivity index (χ1n) is 19.1. The normalized spacial score (nSPS) is 39.8. The van der Waals surface area contributed by atoms with E-state index in [2.05, 4.69) is 82.2 Å². The minimum atomic E-state index is -0.856. The predicted octanol–water partition coefficient (Wildman–Crippen LogP) is 9.83. The minimum Gasteiger partial charge on any atom is -0.478 e. The summed E-state index contributed by atoms with van der Waals surface area (Å²) in [5.74, 6) is 3.69. The van der Waals surface area contributed by atoms with Gasteiger partial charge in [-0.05, 0) is 152 Å². The summed E-state index contributed by atoms with van der Waals surface area (Å²) in [4.78, 5) is 16.0. The molecule has 5 aliphatic carbocycles. The summed E-state index contributed by atoms with van der Waals surface area (Å²) in [5, 5.41) is 13.5. The average Bonchev–Trinajstić information content (AvgIpc) is 3.63. The summed E-state index contributed by atoms with van der Waals surface area (Å²) in [7, 11) is 0. The lowest BCUT2D eigenvalue weighted by Gasteiger charge is -2.72. The third kappa shape index (κ3) is 4.87. The van der Waals surface area contributed by atoms with Crippen LogP contribution in [0.5, 0.6) is 0 Å². The number of carboxylic acid groups (broad SMARTS) is 1. The topological polar surface area (TPSA) is 67.2 Å². The fourth-order valence-electron chi connectivity index (χ4n) is 13.7. The van der Waals surface area contributed by atoms with Gasteiger partial charge >= 0.3 is 5.97 Å². The van der Waals surface area contributed by atoms with Gasteiger partial charge in [-0.2, -0.15) is 0 Å². The van der Waals surface area contributed by atoms with Gasteiger partial charge < -0.3 is 15.0 Å². The molecule has 0 saturated heterocycles. The van der Waals surface area contributed by atoms with Crippen LogP contribution in [0.2, 0.25) is 0 Å². The SMILES string of the molecule is C=C(C)[C@@H]1CC[C@]2(CNCCn3ccnc3C)CC[C@]3(C)[C@H](CC[C@@H]4[C@@]5(C)CC=C(c6ccc(C(=O)O)cc6)C(C)(C)[C@@H]5CC[C@]43C)[C@@H]12. The molecular weight excluding hydrogens is 590 g/mol. The zero-order valence-corrected chi connectivity index (χ0v) is 30.9. The molecule has 0 bridgehead atoms. The molecule has 0 unspecified atom stereocenters. The Labute approximate surface area is 290 Å². The van der Waals surface area contributed by atoms with Crippen molar-refractivity contribution in [2.24, 2.45) is 56.7 Å². The van der Waals surface area contributed by atoms with E-state index in [9.17, 15) is 9.90 Å². The number of hydrogen-bond donors (Lipinski definition) is 2. The molecule has 7 rings (SSSR count). The summed E-state index contributed by atoms with van der Waals surface area (Å²) in [6, 6.07) is 7.65. The van der Waals surface area contributed by atoms with Crippen LogP contribution >= 0.6 is 0 Å². The molecule has 2 N–H and O–H groups in total. The van der Waals surface area contributed by atoms with Gasteiger partial charge in [0.1, 0.15) is 5.82 Å². The van der Waals surface area contributed by atoms with Crippen LogP contribution in [-0.4, -0.2) is 33.7 Å². The molecule has 0 amide bonds. The van der Waals surface area contributed by atoms with Gasteiger partial charge in [0.2, 0.25) is 0 Å². The molecule has 1 aromatic heterocycles. The number of aryl methyl sites for hydroxylation is 1. The van der Waals surface area contributed by atoms with Crippen LogP contribution in [0.1, 0.15) is 121 Å². The first kappa shape index (κ1) is 33.8. The highest BCUT2D eigenvalue weighted by Gasteiger charge is 2.70. The van der Waals surface area contributed by atoms with Gasteiger partial charge in [-0.15, -0.1) is 0 Å². The molecule has 4 fully saturated rings. The Balaban J connectivity index is 1.16. The molecule has 5 aliphatic rings. The molecule has 0 spiro atoms. The maximum absolute atomic E-state index is 11.6. The Hall–Kier alpha value is -2.66. The summed E-state index contributed by atoms with van der Waals surface area (Å²) in [5.41, 5.74) is 5.74. The third-order valence-electron chi connectivity index (χ3n) is 16.2. The molecule has 1 heterocycles. The first-order chi connectivity index (χ1) is 22.7. The van der Waals surface area contributed by atoms with Crippen LogP contribution in [0.15, 0.2) is 54.9 Å². The van der Waals surface area contributed by atoms with E-state index in [0.717, 1.165) is 43.7 Å². The second kappa shape index (κ2) is 11.7. The maximum atomic E-state index is 11.6. The Kier molecular flexibility index (Phi) is 8.25. The molecular formula is C43H61N3O2. The number of aromatic carboxylic acids is 1. The van der Waals surface area contributed by atoms with Crippen molar-refractivity contribution in [1.29, 1.82) is 0 Å². The highest BCUT2D eigenvalue weighted by Crippen LogP contribution is 2.77. The summed E-state index contributed by atoms with van der Waals surface area (Å²) >= 11 is 0. The number of rotatable bonds is 8. The second-order valence-electron chi connectivity index (χ2n) is 18.3. The number of nitrogens with zero attached hydrogens (tertiary/aromatic N) is 2. The maximum Gasteiger partial charge on any atom is 0.335 e. The fourth-order valence-corrected chi connectivity index (χ4v) is 13.7. The van der Waals surface area contributed by atoms with Gasteiger partial charge in [0.15, 0.2) is 0 Å². The monoisotopic (exact) mass is 651 g/mol. The van der Waals surface area contributed by atoms with Crippen LogP contribution in [0.3, 0.4) is 0 Å². The van der Waals surface area contributed by atoms with E-state index in [1.54, 1.807) is 12.1 Å². The Morgan fingerprint density at radius 1 is 0.979 bits per heavy atom. The lowest BCUT2D eigenvalue weighted by atomic mass is 9.32. The van der Waals surface area contributed by atoms with Crippen molar-refractivity contribution in [3.63, 3.8) is 0 Å². The number of benzene rings is 1. The molecule has 260 valence electrons. The van der Waals surface area contributed by atoms with Crippen molar-refractivity contribution in [3.05, 3.63) is 71.8 Å². The number of carbonyl (C=O) groups is 1. The molecule has 2 aromatic rings. The van der Waals surface area contributed by atoms with Crippen LogP contribution in [-0.2, 0) is 6.54 Å².